The fourth-order valence-electron chi connectivity index (χ4n) is 1.92. The summed E-state index contributed by atoms with van der Waals surface area (Å²) in [7, 11) is 0. The highest BCUT2D eigenvalue weighted by Gasteiger charge is 2.18. The molecule has 1 atom stereocenters. The topological polar surface area (TPSA) is 95.1 Å². The van der Waals surface area contributed by atoms with E-state index >= 15 is 0 Å². The van der Waals surface area contributed by atoms with Crippen LogP contribution in [0.1, 0.15) is 26.7 Å². The van der Waals surface area contributed by atoms with Crippen molar-refractivity contribution in [2.24, 2.45) is 0 Å². The number of hydrogen-bond acceptors (Lipinski definition) is 4. The van der Waals surface area contributed by atoms with Gasteiger partial charge in [-0.25, -0.2) is 0 Å². The van der Waals surface area contributed by atoms with Gasteiger partial charge < -0.3 is 25.3 Å². The lowest BCUT2D eigenvalue weighted by Crippen LogP contribution is -2.93. The SMILES string of the molecule is CC(C)OCCC[NH2+][C@@H](CC(=O)Nc1ccccc1)C(=O)[O-]. The fourth-order valence-corrected chi connectivity index (χ4v) is 1.92. The van der Waals surface area contributed by atoms with Crippen LogP contribution < -0.4 is 15.7 Å². The Balaban J connectivity index is 2.34. The molecule has 0 bridgehead atoms. The van der Waals surface area contributed by atoms with Crippen LogP contribution in [0.4, 0.5) is 5.69 Å². The van der Waals surface area contributed by atoms with Crippen molar-refractivity contribution in [3.05, 3.63) is 30.3 Å². The molecule has 1 rings (SSSR count). The van der Waals surface area contributed by atoms with Gasteiger partial charge >= 0.3 is 0 Å². The van der Waals surface area contributed by atoms with Crippen LogP contribution in [-0.4, -0.2) is 37.2 Å². The Hall–Kier alpha value is -1.92. The molecule has 22 heavy (non-hydrogen) atoms. The Morgan fingerprint density at radius 2 is 1.95 bits per heavy atom. The maximum absolute atomic E-state index is 11.9. The standard InChI is InChI=1S/C16H24N2O4/c1-12(2)22-10-6-9-17-14(16(20)21)11-15(19)18-13-7-4-3-5-8-13/h3-5,7-8,12,14,17H,6,9-11H2,1-2H3,(H,18,19)(H,20,21)/t14-/m0/s1. The molecular weight excluding hydrogens is 284 g/mol. The van der Waals surface area contributed by atoms with Crippen LogP contribution in [0.5, 0.6) is 0 Å². The molecule has 0 unspecified atom stereocenters. The monoisotopic (exact) mass is 308 g/mol. The summed E-state index contributed by atoms with van der Waals surface area (Å²) in [6, 6.07) is 8.05. The first kappa shape index (κ1) is 18.1. The minimum Gasteiger partial charge on any atom is -0.544 e. The zero-order valence-corrected chi connectivity index (χ0v) is 13.1. The molecule has 0 aliphatic carbocycles. The number of hydrogen-bond donors (Lipinski definition) is 2. The maximum Gasteiger partial charge on any atom is 0.230 e. The molecule has 0 spiro atoms. The highest BCUT2D eigenvalue weighted by atomic mass is 16.5. The molecule has 1 aromatic rings. The minimum atomic E-state index is -1.23. The summed E-state index contributed by atoms with van der Waals surface area (Å²) in [5, 5.41) is 15.4. The predicted octanol–water partition coefficient (Wildman–Crippen LogP) is -0.488. The number of carboxylic acid groups (broad SMARTS) is 1. The molecule has 1 aromatic carbocycles. The van der Waals surface area contributed by atoms with E-state index in [4.69, 9.17) is 4.74 Å². The quantitative estimate of drug-likeness (QED) is 0.570. The van der Waals surface area contributed by atoms with E-state index in [-0.39, 0.29) is 18.4 Å². The van der Waals surface area contributed by atoms with Gasteiger partial charge in [0.25, 0.3) is 0 Å². The van der Waals surface area contributed by atoms with Crippen molar-refractivity contribution in [3.63, 3.8) is 0 Å². The lowest BCUT2D eigenvalue weighted by atomic mass is 10.2. The van der Waals surface area contributed by atoms with E-state index in [0.29, 0.717) is 18.8 Å². The number of carboxylic acids is 1. The summed E-state index contributed by atoms with van der Waals surface area (Å²) >= 11 is 0. The van der Waals surface area contributed by atoms with Gasteiger partial charge in [0.05, 0.1) is 31.6 Å². The van der Waals surface area contributed by atoms with Gasteiger partial charge in [-0.15, -0.1) is 0 Å². The molecule has 0 aliphatic heterocycles. The average Bonchev–Trinajstić information content (AvgIpc) is 2.46. The highest BCUT2D eigenvalue weighted by molar-refractivity contribution is 5.93. The first-order chi connectivity index (χ1) is 10.5. The summed E-state index contributed by atoms with van der Waals surface area (Å²) in [5.74, 6) is -1.57. The Morgan fingerprint density at radius 1 is 1.27 bits per heavy atom. The van der Waals surface area contributed by atoms with E-state index in [0.717, 1.165) is 6.42 Å². The van der Waals surface area contributed by atoms with Crippen molar-refractivity contribution < 1.29 is 24.7 Å². The van der Waals surface area contributed by atoms with Gasteiger partial charge in [-0.05, 0) is 26.0 Å². The second-order valence-corrected chi connectivity index (χ2v) is 5.34. The van der Waals surface area contributed by atoms with Gasteiger partial charge in [0.2, 0.25) is 5.91 Å². The number of amides is 1. The van der Waals surface area contributed by atoms with Crippen molar-refractivity contribution in [2.75, 3.05) is 18.5 Å². The summed E-state index contributed by atoms with van der Waals surface area (Å²) in [6.45, 7) is 5.04. The smallest absolute Gasteiger partial charge is 0.230 e. The molecule has 3 N–H and O–H groups in total. The number of rotatable bonds is 10. The molecule has 0 heterocycles. The first-order valence-electron chi connectivity index (χ1n) is 7.49. The van der Waals surface area contributed by atoms with Crippen LogP contribution in [0, 0.1) is 0 Å². The van der Waals surface area contributed by atoms with E-state index in [9.17, 15) is 14.7 Å². The van der Waals surface area contributed by atoms with Crippen LogP contribution in [0.15, 0.2) is 30.3 Å². The molecule has 0 aromatic heterocycles. The van der Waals surface area contributed by atoms with Crippen molar-refractivity contribution in [3.8, 4) is 0 Å². The van der Waals surface area contributed by atoms with Crippen LogP contribution in [0.3, 0.4) is 0 Å². The average molecular weight is 308 g/mol. The minimum absolute atomic E-state index is 0.123. The van der Waals surface area contributed by atoms with E-state index in [2.05, 4.69) is 5.32 Å². The van der Waals surface area contributed by atoms with Gasteiger partial charge in [-0.1, -0.05) is 18.2 Å². The third-order valence-corrected chi connectivity index (χ3v) is 3.02. The normalized spacial score (nSPS) is 12.1. The molecule has 0 aliphatic rings. The number of nitrogens with two attached hydrogens (primary N) is 1. The molecular formula is C16H24N2O4. The summed E-state index contributed by atoms with van der Waals surface area (Å²) in [6.07, 6.45) is 0.762. The molecule has 0 saturated heterocycles. The predicted molar refractivity (Wildman–Crippen MR) is 81.0 cm³/mol. The Morgan fingerprint density at radius 3 is 2.55 bits per heavy atom. The second kappa shape index (κ2) is 9.92. The van der Waals surface area contributed by atoms with Crippen LogP contribution in [0.25, 0.3) is 0 Å². The third kappa shape index (κ3) is 7.75. The molecule has 6 nitrogen and oxygen atoms in total. The summed E-state index contributed by atoms with van der Waals surface area (Å²) < 4.78 is 5.38. The van der Waals surface area contributed by atoms with Crippen molar-refractivity contribution in [1.82, 2.24) is 0 Å². The van der Waals surface area contributed by atoms with E-state index in [1.165, 1.54) is 0 Å². The third-order valence-electron chi connectivity index (χ3n) is 3.02. The largest absolute Gasteiger partial charge is 0.544 e. The van der Waals surface area contributed by atoms with Crippen molar-refractivity contribution in [1.29, 1.82) is 0 Å². The first-order valence-corrected chi connectivity index (χ1v) is 7.49. The summed E-state index contributed by atoms with van der Waals surface area (Å²) in [5.41, 5.74) is 0.648. The number of anilines is 1. The van der Waals surface area contributed by atoms with Gasteiger partial charge in [-0.3, -0.25) is 4.79 Å². The lowest BCUT2D eigenvalue weighted by molar-refractivity contribution is -0.682. The number of carbonyl (C=O) groups excluding carboxylic acids is 2. The number of ether oxygens (including phenoxy) is 1. The van der Waals surface area contributed by atoms with Gasteiger partial charge in [-0.2, -0.15) is 0 Å². The zero-order valence-electron chi connectivity index (χ0n) is 13.1. The molecule has 6 heteroatoms. The summed E-state index contributed by atoms with van der Waals surface area (Å²) in [4.78, 5) is 23.0. The molecule has 1 amide bonds. The Labute approximate surface area is 130 Å². The van der Waals surface area contributed by atoms with E-state index in [1.54, 1.807) is 29.6 Å². The van der Waals surface area contributed by atoms with Gasteiger partial charge in [0.1, 0.15) is 6.04 Å². The molecule has 0 radical (unpaired) electrons. The second-order valence-electron chi connectivity index (χ2n) is 5.34. The van der Waals surface area contributed by atoms with Crippen molar-refractivity contribution in [2.45, 2.75) is 38.8 Å². The molecule has 0 saturated carbocycles. The number of para-hydroxylation sites is 1. The molecule has 0 fully saturated rings. The fraction of sp³-hybridized carbons (Fsp3) is 0.500. The van der Waals surface area contributed by atoms with Crippen LogP contribution in [-0.2, 0) is 14.3 Å². The van der Waals surface area contributed by atoms with Gasteiger partial charge in [0, 0.05) is 12.1 Å². The van der Waals surface area contributed by atoms with Gasteiger partial charge in [0.15, 0.2) is 0 Å². The Bertz CT molecular complexity index is 462. The number of benzene rings is 1. The van der Waals surface area contributed by atoms with Crippen LogP contribution >= 0.6 is 0 Å². The number of carbonyl (C=O) groups is 2. The number of aliphatic carboxylic acids is 1. The highest BCUT2D eigenvalue weighted by Crippen LogP contribution is 2.05. The zero-order chi connectivity index (χ0) is 16.4. The maximum atomic E-state index is 11.9. The number of nitrogens with one attached hydrogen (secondary N) is 1. The van der Waals surface area contributed by atoms with Crippen molar-refractivity contribution >= 4 is 17.6 Å². The Kier molecular flexibility index (Phi) is 8.17. The molecule has 122 valence electrons. The van der Waals surface area contributed by atoms with Crippen LogP contribution in [0.2, 0.25) is 0 Å². The van der Waals surface area contributed by atoms with E-state index in [1.807, 2.05) is 19.9 Å². The van der Waals surface area contributed by atoms with E-state index < -0.39 is 12.0 Å². The lowest BCUT2D eigenvalue weighted by Gasteiger charge is -2.16. The number of quaternary nitrogens is 1.